The van der Waals surface area contributed by atoms with Crippen molar-refractivity contribution >= 4 is 109 Å². The minimum Gasteiger partial charge on any atom is -0.374 e. The molecule has 3 aromatic heterocycles. The molecule has 0 amide bonds. The van der Waals surface area contributed by atoms with Crippen molar-refractivity contribution in [2.24, 2.45) is 0 Å². The van der Waals surface area contributed by atoms with Crippen molar-refractivity contribution in [2.45, 2.75) is 65.2 Å². The highest BCUT2D eigenvalue weighted by atomic mass is 32.1. The van der Waals surface area contributed by atoms with Crippen molar-refractivity contribution in [2.75, 3.05) is 4.90 Å². The van der Waals surface area contributed by atoms with Gasteiger partial charge in [0.05, 0.1) is 20.6 Å². The lowest BCUT2D eigenvalue weighted by atomic mass is 9.45. The van der Waals surface area contributed by atoms with E-state index in [4.69, 9.17) is 0 Å². The third-order valence-electron chi connectivity index (χ3n) is 13.2. The lowest BCUT2D eigenvalue weighted by molar-refractivity contribution is 0.332. The molecule has 0 N–H and O–H groups in total. The maximum absolute atomic E-state index is 2.75. The number of thiophene rings is 2. The summed E-state index contributed by atoms with van der Waals surface area (Å²) in [6.45, 7) is 14.5. The van der Waals surface area contributed by atoms with Gasteiger partial charge >= 0.3 is 6.85 Å². The molecule has 0 atom stereocenters. The predicted molar refractivity (Wildman–Crippen MR) is 233 cm³/mol. The van der Waals surface area contributed by atoms with Crippen LogP contribution in [0.5, 0.6) is 0 Å². The third kappa shape index (κ3) is 3.80. The summed E-state index contributed by atoms with van der Waals surface area (Å²) in [5.41, 5.74) is 18.2. The van der Waals surface area contributed by atoms with Gasteiger partial charge < -0.3 is 9.38 Å². The smallest absolute Gasteiger partial charge is 0.333 e. The quantitative estimate of drug-likeness (QED) is 0.153. The molecule has 0 spiro atoms. The fourth-order valence-electron chi connectivity index (χ4n) is 10.5. The SMILES string of the molecule is Cc1cc2c3c(c1)N(c1cc4c(cc1C)C(C)(C)CCC4(C)C)c1c(ccc4c1sc1ccccc14)B3n1c3c-2cccc3c2sc3ccccc3c21. The number of benzene rings is 6. The zero-order valence-corrected chi connectivity index (χ0v) is 32.7. The fraction of sp³-hybridized carbons (Fsp3) is 0.208. The van der Waals surface area contributed by atoms with E-state index in [9.17, 15) is 0 Å². The molecule has 0 saturated carbocycles. The number of hydrogen-bond donors (Lipinski definition) is 0. The van der Waals surface area contributed by atoms with E-state index in [-0.39, 0.29) is 17.7 Å². The van der Waals surface area contributed by atoms with Gasteiger partial charge in [-0.3, -0.25) is 0 Å². The van der Waals surface area contributed by atoms with Gasteiger partial charge in [-0.15, -0.1) is 22.7 Å². The highest BCUT2D eigenvalue weighted by molar-refractivity contribution is 7.27. The molecular formula is C48H39BN2S2. The van der Waals surface area contributed by atoms with Crippen molar-refractivity contribution in [3.63, 3.8) is 0 Å². The minimum absolute atomic E-state index is 0.0441. The number of hydrogen-bond acceptors (Lipinski definition) is 3. The standard InChI is InChI=1S/C48H39BN2S2/c1-26-22-33-29-14-11-15-32-42(29)51(43-31-13-8-10-17-40(31)53-46(32)43)49-36-19-18-30-28-12-7-9-16-39(28)52-45(30)44(36)50(38(23-26)41(33)49)37-25-35-34(24-27(37)2)47(3,4)20-21-48(35,5)6/h7-19,22-25H,20-21H2,1-6H3. The van der Waals surface area contributed by atoms with Crippen LogP contribution in [0, 0.1) is 13.8 Å². The Morgan fingerprint density at radius 1 is 0.585 bits per heavy atom. The van der Waals surface area contributed by atoms with Gasteiger partial charge in [-0.2, -0.15) is 0 Å². The zero-order chi connectivity index (χ0) is 35.7. The summed E-state index contributed by atoms with van der Waals surface area (Å²) in [6.07, 6.45) is 2.41. The minimum atomic E-state index is 0.0441. The van der Waals surface area contributed by atoms with Crippen LogP contribution in [0.3, 0.4) is 0 Å². The van der Waals surface area contributed by atoms with Crippen molar-refractivity contribution < 1.29 is 0 Å². The molecule has 12 rings (SSSR count). The van der Waals surface area contributed by atoms with E-state index in [1.54, 1.807) is 0 Å². The molecule has 256 valence electrons. The lowest BCUT2D eigenvalue weighted by Gasteiger charge is -2.45. The summed E-state index contributed by atoms with van der Waals surface area (Å²) >= 11 is 3.91. The number of nitrogens with zero attached hydrogens (tertiary/aromatic N) is 2. The molecule has 0 fully saturated rings. The van der Waals surface area contributed by atoms with Crippen LogP contribution in [0.15, 0.2) is 103 Å². The van der Waals surface area contributed by atoms with Gasteiger partial charge in [-0.05, 0) is 101 Å². The van der Waals surface area contributed by atoms with Crippen molar-refractivity contribution in [3.8, 4) is 11.1 Å². The molecule has 0 saturated heterocycles. The van der Waals surface area contributed by atoms with Crippen LogP contribution < -0.4 is 15.8 Å². The van der Waals surface area contributed by atoms with Crippen LogP contribution in [0.2, 0.25) is 0 Å². The first-order valence-corrected chi connectivity index (χ1v) is 20.7. The summed E-state index contributed by atoms with van der Waals surface area (Å²) in [6, 6.07) is 40.1. The molecule has 0 bridgehead atoms. The summed E-state index contributed by atoms with van der Waals surface area (Å²) in [7, 11) is 0. The van der Waals surface area contributed by atoms with E-state index in [1.807, 2.05) is 22.7 Å². The number of para-hydroxylation sites is 1. The molecule has 53 heavy (non-hydrogen) atoms. The second-order valence-corrected chi connectivity index (χ2v) is 19.4. The monoisotopic (exact) mass is 718 g/mol. The van der Waals surface area contributed by atoms with Gasteiger partial charge in [0.1, 0.15) is 0 Å². The second kappa shape index (κ2) is 10.0. The molecule has 0 unspecified atom stereocenters. The zero-order valence-electron chi connectivity index (χ0n) is 31.0. The Kier molecular flexibility index (Phi) is 5.79. The highest BCUT2D eigenvalue weighted by Gasteiger charge is 2.45. The number of aromatic nitrogens is 1. The van der Waals surface area contributed by atoms with Gasteiger partial charge in [0.25, 0.3) is 0 Å². The predicted octanol–water partition coefficient (Wildman–Crippen LogP) is 12.8. The van der Waals surface area contributed by atoms with E-state index in [2.05, 4.69) is 154 Å². The highest BCUT2D eigenvalue weighted by Crippen LogP contribution is 2.54. The van der Waals surface area contributed by atoms with E-state index in [1.165, 1.54) is 126 Å². The van der Waals surface area contributed by atoms with Crippen LogP contribution in [0.25, 0.3) is 62.5 Å². The molecule has 3 aliphatic rings. The van der Waals surface area contributed by atoms with Gasteiger partial charge in [0.15, 0.2) is 0 Å². The summed E-state index contributed by atoms with van der Waals surface area (Å²) in [5.74, 6) is 0. The fourth-order valence-corrected chi connectivity index (χ4v) is 13.0. The lowest BCUT2D eigenvalue weighted by Crippen LogP contribution is -2.56. The second-order valence-electron chi connectivity index (χ2n) is 17.3. The third-order valence-corrected chi connectivity index (χ3v) is 15.6. The Labute approximate surface area is 318 Å². The number of rotatable bonds is 1. The van der Waals surface area contributed by atoms with Crippen molar-refractivity contribution in [1.29, 1.82) is 0 Å². The molecule has 0 radical (unpaired) electrons. The van der Waals surface area contributed by atoms with Crippen LogP contribution in [-0.4, -0.2) is 11.3 Å². The maximum Gasteiger partial charge on any atom is 0.333 e. The largest absolute Gasteiger partial charge is 0.374 e. The van der Waals surface area contributed by atoms with Gasteiger partial charge in [-0.1, -0.05) is 107 Å². The van der Waals surface area contributed by atoms with Crippen LogP contribution in [0.1, 0.15) is 62.8 Å². The first kappa shape index (κ1) is 30.6. The van der Waals surface area contributed by atoms with Crippen molar-refractivity contribution in [3.05, 3.63) is 125 Å². The van der Waals surface area contributed by atoms with Gasteiger partial charge in [0.2, 0.25) is 0 Å². The van der Waals surface area contributed by atoms with Gasteiger partial charge in [0, 0.05) is 53.4 Å². The Balaban J connectivity index is 1.27. The molecule has 9 aromatic rings. The Bertz CT molecular complexity index is 3120. The Hall–Kier alpha value is -4.84. The molecule has 1 aliphatic carbocycles. The average Bonchev–Trinajstić information content (AvgIpc) is 3.82. The molecule has 5 heterocycles. The number of aryl methyl sites for hydroxylation is 2. The van der Waals surface area contributed by atoms with E-state index >= 15 is 0 Å². The normalized spacial score (nSPS) is 16.6. The van der Waals surface area contributed by atoms with Crippen LogP contribution >= 0.6 is 22.7 Å². The molecule has 6 aromatic carbocycles. The summed E-state index contributed by atoms with van der Waals surface area (Å²) in [5, 5.41) is 5.42. The topological polar surface area (TPSA) is 8.17 Å². The summed E-state index contributed by atoms with van der Waals surface area (Å²) < 4.78 is 8.23. The molecule has 2 aliphatic heterocycles. The first-order valence-electron chi connectivity index (χ1n) is 19.1. The molecular weight excluding hydrogens is 679 g/mol. The van der Waals surface area contributed by atoms with E-state index in [0.29, 0.717) is 0 Å². The van der Waals surface area contributed by atoms with Crippen LogP contribution in [-0.2, 0) is 10.8 Å². The number of fused-ring (bicyclic) bond motifs is 14. The van der Waals surface area contributed by atoms with Gasteiger partial charge in [-0.25, -0.2) is 0 Å². The maximum atomic E-state index is 2.75. The average molecular weight is 719 g/mol. The molecule has 2 nitrogen and oxygen atoms in total. The Morgan fingerprint density at radius 2 is 1.26 bits per heavy atom. The first-order chi connectivity index (χ1) is 25.6. The van der Waals surface area contributed by atoms with Crippen LogP contribution in [0.4, 0.5) is 17.1 Å². The van der Waals surface area contributed by atoms with E-state index < -0.39 is 0 Å². The number of anilines is 3. The molecule has 5 heteroatoms. The summed E-state index contributed by atoms with van der Waals surface area (Å²) in [4.78, 5) is 2.71. The van der Waals surface area contributed by atoms with E-state index in [0.717, 1.165) is 0 Å². The van der Waals surface area contributed by atoms with Crippen molar-refractivity contribution in [1.82, 2.24) is 4.48 Å². The Morgan fingerprint density at radius 3 is 2.06 bits per heavy atom.